The molecule has 8 nitrogen and oxygen atoms in total. The molecule has 10 heteroatoms. The zero-order chi connectivity index (χ0) is 28.1. The molecule has 2 aliphatic rings. The van der Waals surface area contributed by atoms with E-state index in [1.165, 1.54) is 11.0 Å². The molecule has 0 saturated heterocycles. The molecule has 204 valence electrons. The number of ether oxygens (including phenoxy) is 2. The molecule has 3 aromatic rings. The van der Waals surface area contributed by atoms with Gasteiger partial charge in [0, 0.05) is 36.7 Å². The zero-order valence-electron chi connectivity index (χ0n) is 22.5. The van der Waals surface area contributed by atoms with Gasteiger partial charge < -0.3 is 18.9 Å². The number of alkyl halides is 2. The van der Waals surface area contributed by atoms with Crippen molar-refractivity contribution in [2.24, 2.45) is 0 Å². The number of fused-ring (bicyclic) bond motifs is 9. The Morgan fingerprint density at radius 2 is 2.00 bits per heavy atom. The van der Waals surface area contributed by atoms with Crippen LogP contribution in [0.25, 0.3) is 11.0 Å². The number of aromatic nitrogens is 2. The summed E-state index contributed by atoms with van der Waals surface area (Å²) in [4.78, 5) is 33.6. The number of carbonyl (C=O) groups excluding carboxylic acids is 2. The Labute approximate surface area is 225 Å². The highest BCUT2D eigenvalue weighted by Gasteiger charge is 2.45. The molecule has 1 unspecified atom stereocenters. The van der Waals surface area contributed by atoms with E-state index in [9.17, 15) is 18.4 Å². The second kappa shape index (κ2) is 9.88. The van der Waals surface area contributed by atoms with E-state index in [1.54, 1.807) is 24.1 Å². The Balaban J connectivity index is 1.52. The molecule has 39 heavy (non-hydrogen) atoms. The maximum absolute atomic E-state index is 13.3. The summed E-state index contributed by atoms with van der Waals surface area (Å²) in [7, 11) is 1.70. The van der Waals surface area contributed by atoms with E-state index in [0.29, 0.717) is 41.0 Å². The summed E-state index contributed by atoms with van der Waals surface area (Å²) in [5, 5.41) is 0. The quantitative estimate of drug-likeness (QED) is 0.420. The van der Waals surface area contributed by atoms with Crippen molar-refractivity contribution in [1.29, 1.82) is 0 Å². The molecule has 5 rings (SSSR count). The van der Waals surface area contributed by atoms with Gasteiger partial charge in [-0.05, 0) is 58.0 Å². The number of halogens is 2. The lowest BCUT2D eigenvalue weighted by atomic mass is 9.97. The molecule has 1 aromatic heterocycles. The summed E-state index contributed by atoms with van der Waals surface area (Å²) in [6, 6.07) is 9.54. The van der Waals surface area contributed by atoms with Crippen LogP contribution in [0.3, 0.4) is 0 Å². The number of amides is 2. The molecule has 2 aliphatic heterocycles. The molecule has 0 N–H and O–H groups in total. The molecule has 0 fully saturated rings. The van der Waals surface area contributed by atoms with E-state index in [1.807, 2.05) is 50.5 Å². The minimum absolute atomic E-state index is 0.0117. The fourth-order valence-electron chi connectivity index (χ4n) is 5.23. The van der Waals surface area contributed by atoms with Gasteiger partial charge >= 0.3 is 12.7 Å². The lowest BCUT2D eigenvalue weighted by Gasteiger charge is -2.25. The molecular formula is C29H30F2N4O4. The summed E-state index contributed by atoms with van der Waals surface area (Å²) < 4.78 is 38.9. The van der Waals surface area contributed by atoms with Crippen molar-refractivity contribution >= 4 is 23.0 Å². The number of hydrogen-bond acceptors (Lipinski definition) is 5. The van der Waals surface area contributed by atoms with Crippen molar-refractivity contribution < 1.29 is 27.8 Å². The van der Waals surface area contributed by atoms with E-state index in [-0.39, 0.29) is 24.2 Å². The number of nitrogens with zero attached hydrogens (tertiary/aromatic N) is 4. The molecule has 0 spiro atoms. The first-order valence-corrected chi connectivity index (χ1v) is 12.8. The van der Waals surface area contributed by atoms with Gasteiger partial charge in [0.15, 0.2) is 0 Å². The predicted molar refractivity (Wildman–Crippen MR) is 141 cm³/mol. The smallest absolute Gasteiger partial charge is 0.411 e. The summed E-state index contributed by atoms with van der Waals surface area (Å²) in [6.45, 7) is 4.94. The van der Waals surface area contributed by atoms with Gasteiger partial charge in [0.1, 0.15) is 17.2 Å². The van der Waals surface area contributed by atoms with E-state index < -0.39 is 24.3 Å². The molecule has 2 bridgehead atoms. The minimum Gasteiger partial charge on any atom is -0.444 e. The van der Waals surface area contributed by atoms with Gasteiger partial charge in [-0.1, -0.05) is 17.9 Å². The molecule has 0 saturated carbocycles. The SMILES string of the molecule is CCN(CC#Cc1ccc2nc3n(c2c1)[C@@H]1CC3N(C)C(=O)c2cccc(OC(F)F)c21)C(=O)OC(C)(C)C. The van der Waals surface area contributed by atoms with E-state index in [0.717, 1.165) is 5.52 Å². The first kappa shape index (κ1) is 26.5. The average molecular weight is 537 g/mol. The summed E-state index contributed by atoms with van der Waals surface area (Å²) in [6.07, 6.45) is 0.0693. The van der Waals surface area contributed by atoms with Crippen LogP contribution in [0, 0.1) is 11.8 Å². The highest BCUT2D eigenvalue weighted by molar-refractivity contribution is 5.97. The second-order valence-electron chi connectivity index (χ2n) is 10.6. The standard InChI is InChI=1S/C29H30F2N4O4/c1-6-34(28(37)39-29(2,3)4)14-8-9-17-12-13-19-20(15-17)35-21-16-22(25(35)32-19)33(5)26(36)18-10-7-11-23(24(18)21)38-27(30)31/h7,10-13,15,21-22,27H,6,14,16H2,1-5H3/t21-,22?/m1/s1. The van der Waals surface area contributed by atoms with Crippen LogP contribution in [0.5, 0.6) is 5.75 Å². The van der Waals surface area contributed by atoms with Gasteiger partial charge in [-0.25, -0.2) is 9.78 Å². The van der Waals surface area contributed by atoms with Crippen molar-refractivity contribution in [3.8, 4) is 17.6 Å². The van der Waals surface area contributed by atoms with Gasteiger partial charge in [0.2, 0.25) is 0 Å². The Hall–Kier alpha value is -4.13. The minimum atomic E-state index is -3.02. The van der Waals surface area contributed by atoms with Crippen LogP contribution in [0.2, 0.25) is 0 Å². The van der Waals surface area contributed by atoms with Gasteiger partial charge in [0.25, 0.3) is 5.91 Å². The monoisotopic (exact) mass is 536 g/mol. The third kappa shape index (κ3) is 4.89. The normalized spacial score (nSPS) is 17.8. The van der Waals surface area contributed by atoms with Crippen LogP contribution in [-0.4, -0.2) is 63.7 Å². The number of hydrogen-bond donors (Lipinski definition) is 0. The zero-order valence-corrected chi connectivity index (χ0v) is 22.5. The van der Waals surface area contributed by atoms with Crippen LogP contribution in [0.4, 0.5) is 13.6 Å². The van der Waals surface area contributed by atoms with Gasteiger partial charge in [-0.15, -0.1) is 0 Å². The van der Waals surface area contributed by atoms with Crippen molar-refractivity contribution in [2.75, 3.05) is 20.1 Å². The van der Waals surface area contributed by atoms with E-state index >= 15 is 0 Å². The molecule has 2 aromatic carbocycles. The topological polar surface area (TPSA) is 76.9 Å². The maximum atomic E-state index is 13.3. The molecule has 0 aliphatic carbocycles. The molecular weight excluding hydrogens is 506 g/mol. The van der Waals surface area contributed by atoms with Crippen molar-refractivity contribution in [2.45, 2.75) is 58.4 Å². The fourth-order valence-corrected chi connectivity index (χ4v) is 5.23. The molecule has 2 amide bonds. The fraction of sp³-hybridized carbons (Fsp3) is 0.414. The number of benzene rings is 2. The Morgan fingerprint density at radius 1 is 1.23 bits per heavy atom. The number of carbonyl (C=O) groups is 2. The third-order valence-electron chi connectivity index (χ3n) is 6.94. The molecule has 3 heterocycles. The van der Waals surface area contributed by atoms with E-state index in [4.69, 9.17) is 14.5 Å². The van der Waals surface area contributed by atoms with Crippen LogP contribution >= 0.6 is 0 Å². The second-order valence-corrected chi connectivity index (χ2v) is 10.6. The van der Waals surface area contributed by atoms with Crippen LogP contribution in [0.1, 0.15) is 73.5 Å². The van der Waals surface area contributed by atoms with Gasteiger partial charge in [-0.2, -0.15) is 8.78 Å². The summed E-state index contributed by atoms with van der Waals surface area (Å²) >= 11 is 0. The largest absolute Gasteiger partial charge is 0.444 e. The van der Waals surface area contributed by atoms with E-state index in [2.05, 4.69) is 11.8 Å². The number of rotatable bonds is 4. The highest BCUT2D eigenvalue weighted by atomic mass is 19.3. The van der Waals surface area contributed by atoms with Crippen LogP contribution in [0.15, 0.2) is 36.4 Å². The molecule has 2 atom stereocenters. The Bertz CT molecular complexity index is 1520. The lowest BCUT2D eigenvalue weighted by molar-refractivity contribution is -0.0507. The third-order valence-corrected chi connectivity index (χ3v) is 6.94. The lowest BCUT2D eigenvalue weighted by Crippen LogP contribution is -2.36. The summed E-state index contributed by atoms with van der Waals surface area (Å²) in [5.74, 6) is 6.59. The van der Waals surface area contributed by atoms with Crippen molar-refractivity contribution in [3.05, 3.63) is 58.9 Å². The molecule has 0 radical (unpaired) electrons. The van der Waals surface area contributed by atoms with Gasteiger partial charge in [0.05, 0.1) is 29.7 Å². The highest BCUT2D eigenvalue weighted by Crippen LogP contribution is 2.49. The Kier molecular flexibility index (Phi) is 6.70. The van der Waals surface area contributed by atoms with Crippen LogP contribution < -0.4 is 4.74 Å². The number of imidazole rings is 1. The Morgan fingerprint density at radius 3 is 2.69 bits per heavy atom. The average Bonchev–Trinajstić information content (AvgIpc) is 3.38. The van der Waals surface area contributed by atoms with Crippen molar-refractivity contribution in [3.63, 3.8) is 0 Å². The van der Waals surface area contributed by atoms with Crippen LogP contribution in [-0.2, 0) is 4.74 Å². The predicted octanol–water partition coefficient (Wildman–Crippen LogP) is 5.37. The van der Waals surface area contributed by atoms with Crippen molar-refractivity contribution in [1.82, 2.24) is 19.4 Å². The first-order valence-electron chi connectivity index (χ1n) is 12.8. The summed E-state index contributed by atoms with van der Waals surface area (Å²) in [5.41, 5.74) is 2.39. The maximum Gasteiger partial charge on any atom is 0.411 e. The first-order chi connectivity index (χ1) is 18.5. The van der Waals surface area contributed by atoms with Gasteiger partial charge in [-0.3, -0.25) is 9.69 Å².